The second-order valence-electron chi connectivity index (χ2n) is 8.47. The maximum Gasteiger partial charge on any atom is 0.293 e. The predicted octanol–water partition coefficient (Wildman–Crippen LogP) is 1.21. The number of amides is 2. The fraction of sp³-hybridized carbons (Fsp3) is 0.391. The van der Waals surface area contributed by atoms with E-state index < -0.39 is 11.9 Å². The lowest BCUT2D eigenvalue weighted by molar-refractivity contribution is -0.119. The number of tetrazole rings is 1. The fourth-order valence-corrected chi connectivity index (χ4v) is 5.26. The number of thioether (sulfide) groups is 1. The van der Waals surface area contributed by atoms with Crippen LogP contribution < -0.4 is 15.1 Å². The van der Waals surface area contributed by atoms with Crippen LogP contribution in [0.25, 0.3) is 0 Å². The number of methoxy groups -OCH3 is 1. The molecule has 1 fully saturated rings. The molecule has 5 rings (SSSR count). The maximum atomic E-state index is 13.1. The van der Waals surface area contributed by atoms with Crippen molar-refractivity contribution >= 4 is 35.1 Å². The minimum Gasteiger partial charge on any atom is -0.380 e. The topological polar surface area (TPSA) is 118 Å². The van der Waals surface area contributed by atoms with Crippen molar-refractivity contribution < 1.29 is 14.3 Å². The molecule has 12 heteroatoms. The number of nitrogens with one attached hydrogen (secondary N) is 1. The number of carbonyl (C=O) groups excluding carboxylic acids is 2. The largest absolute Gasteiger partial charge is 0.380 e. The third-order valence-corrected chi connectivity index (χ3v) is 7.30. The molecule has 1 N–H and O–H groups in total. The van der Waals surface area contributed by atoms with Crippen molar-refractivity contribution in [2.75, 3.05) is 42.8 Å². The van der Waals surface area contributed by atoms with Crippen LogP contribution in [0.3, 0.4) is 0 Å². The summed E-state index contributed by atoms with van der Waals surface area (Å²) in [6.07, 6.45) is 2.88. The average Bonchev–Trinajstić information content (AvgIpc) is 3.54. The van der Waals surface area contributed by atoms with Crippen LogP contribution in [0.5, 0.6) is 0 Å². The van der Waals surface area contributed by atoms with Gasteiger partial charge in [-0.05, 0) is 23.3 Å². The first-order chi connectivity index (χ1) is 17.0. The van der Waals surface area contributed by atoms with Crippen LogP contribution in [0.2, 0.25) is 0 Å². The third-order valence-electron chi connectivity index (χ3n) is 6.16. The molecule has 0 aliphatic carbocycles. The van der Waals surface area contributed by atoms with Gasteiger partial charge in [0.15, 0.2) is 0 Å². The van der Waals surface area contributed by atoms with Crippen molar-refractivity contribution in [2.24, 2.45) is 0 Å². The van der Waals surface area contributed by atoms with E-state index in [4.69, 9.17) is 4.74 Å². The smallest absolute Gasteiger partial charge is 0.293 e. The Balaban J connectivity index is 1.26. The van der Waals surface area contributed by atoms with E-state index in [-0.39, 0.29) is 17.8 Å². The molecule has 11 nitrogen and oxygen atoms in total. The number of ether oxygens (including phenoxy) is 1. The summed E-state index contributed by atoms with van der Waals surface area (Å²) in [5.74, 6) is 0.400. The van der Waals surface area contributed by atoms with Crippen molar-refractivity contribution in [3.63, 3.8) is 0 Å². The number of hydrogen-bond acceptors (Lipinski definition) is 9. The Kier molecular flexibility index (Phi) is 6.64. The number of pyridine rings is 1. The number of anilines is 2. The molecular formula is C23H26N8O3S. The van der Waals surface area contributed by atoms with Crippen LogP contribution in [-0.2, 0) is 16.1 Å². The highest BCUT2D eigenvalue weighted by molar-refractivity contribution is 7.99. The number of aromatic nitrogens is 5. The first kappa shape index (κ1) is 23.2. The van der Waals surface area contributed by atoms with Gasteiger partial charge in [-0.2, -0.15) is 4.80 Å². The highest BCUT2D eigenvalue weighted by atomic mass is 32.2. The van der Waals surface area contributed by atoms with E-state index in [1.807, 2.05) is 36.4 Å². The zero-order valence-corrected chi connectivity index (χ0v) is 20.3. The number of likely N-dealkylation sites (N-methyl/N-ethyl adjacent to an activating group) is 1. The van der Waals surface area contributed by atoms with Gasteiger partial charge in [0, 0.05) is 37.9 Å². The van der Waals surface area contributed by atoms with Gasteiger partial charge in [0.25, 0.3) is 11.7 Å². The van der Waals surface area contributed by atoms with Crippen molar-refractivity contribution in [1.82, 2.24) is 30.5 Å². The Morgan fingerprint density at radius 1 is 1.29 bits per heavy atom. The second kappa shape index (κ2) is 10.0. The molecule has 182 valence electrons. The maximum absolute atomic E-state index is 13.1. The highest BCUT2D eigenvalue weighted by Gasteiger charge is 2.32. The van der Waals surface area contributed by atoms with E-state index in [0.717, 1.165) is 41.5 Å². The van der Waals surface area contributed by atoms with Crippen LogP contribution in [-0.4, -0.2) is 82.2 Å². The lowest BCUT2D eigenvalue weighted by atomic mass is 10.2. The zero-order valence-electron chi connectivity index (χ0n) is 19.5. The van der Waals surface area contributed by atoms with Gasteiger partial charge in [-0.15, -0.1) is 22.0 Å². The molecule has 2 aliphatic rings. The Morgan fingerprint density at radius 2 is 2.11 bits per heavy atom. The molecule has 4 heterocycles. The van der Waals surface area contributed by atoms with Gasteiger partial charge in [0.1, 0.15) is 11.9 Å². The van der Waals surface area contributed by atoms with Crippen molar-refractivity contribution in [1.29, 1.82) is 0 Å². The Bertz CT molecular complexity index is 1220. The molecule has 2 amide bonds. The molecule has 0 spiro atoms. The van der Waals surface area contributed by atoms with E-state index in [1.54, 1.807) is 25.3 Å². The lowest BCUT2D eigenvalue weighted by Gasteiger charge is -2.22. The van der Waals surface area contributed by atoms with Gasteiger partial charge in [0.2, 0.25) is 5.91 Å². The van der Waals surface area contributed by atoms with Crippen molar-refractivity contribution in [3.05, 3.63) is 54.0 Å². The highest BCUT2D eigenvalue weighted by Crippen LogP contribution is 2.36. The predicted molar refractivity (Wildman–Crippen MR) is 131 cm³/mol. The Hall–Kier alpha value is -3.51. The number of rotatable bonds is 6. The molecule has 2 aromatic heterocycles. The Morgan fingerprint density at radius 3 is 2.89 bits per heavy atom. The molecule has 1 aromatic carbocycles. The number of benzene rings is 1. The standard InChI is InChI=1S/C23H26N8O3S/c1-29-18-11-24-20(30-9-8-16(13-30)34-2)10-19(18)35-14-17(23(29)33)25-22(32)21-26-28-31(27-21)12-15-6-4-3-5-7-15/h3-7,10-11,16-17H,8-9,12-14H2,1-2H3,(H,25,32)/t16-,17-/m0/s1. The first-order valence-corrected chi connectivity index (χ1v) is 12.3. The normalized spacial score (nSPS) is 20.0. The number of carbonyl (C=O) groups is 2. The van der Waals surface area contributed by atoms with Gasteiger partial charge in [-0.25, -0.2) is 4.98 Å². The molecule has 0 unspecified atom stereocenters. The molecule has 3 aromatic rings. The van der Waals surface area contributed by atoms with Crippen LogP contribution in [0, 0.1) is 0 Å². The molecule has 1 saturated heterocycles. The van der Waals surface area contributed by atoms with Gasteiger partial charge in [0.05, 0.1) is 24.5 Å². The van der Waals surface area contributed by atoms with E-state index in [1.165, 1.54) is 16.6 Å². The molecular weight excluding hydrogens is 468 g/mol. The van der Waals surface area contributed by atoms with Gasteiger partial charge in [-0.1, -0.05) is 30.3 Å². The van der Waals surface area contributed by atoms with E-state index in [2.05, 4.69) is 30.6 Å². The van der Waals surface area contributed by atoms with Crippen LogP contribution >= 0.6 is 11.8 Å². The molecule has 0 saturated carbocycles. The summed E-state index contributed by atoms with van der Waals surface area (Å²) in [6.45, 7) is 2.06. The lowest BCUT2D eigenvalue weighted by Crippen LogP contribution is -2.48. The minimum atomic E-state index is -0.737. The molecule has 35 heavy (non-hydrogen) atoms. The Labute approximate surface area is 206 Å². The van der Waals surface area contributed by atoms with E-state index in [9.17, 15) is 9.59 Å². The molecule has 0 bridgehead atoms. The van der Waals surface area contributed by atoms with Crippen molar-refractivity contribution in [2.45, 2.75) is 30.0 Å². The van der Waals surface area contributed by atoms with E-state index in [0.29, 0.717) is 12.3 Å². The summed E-state index contributed by atoms with van der Waals surface area (Å²) in [5.41, 5.74) is 1.71. The van der Waals surface area contributed by atoms with Gasteiger partial charge in [-0.3, -0.25) is 9.59 Å². The third kappa shape index (κ3) is 4.98. The van der Waals surface area contributed by atoms with Gasteiger partial charge >= 0.3 is 0 Å². The summed E-state index contributed by atoms with van der Waals surface area (Å²) in [4.78, 5) is 36.5. The fourth-order valence-electron chi connectivity index (χ4n) is 4.16. The van der Waals surface area contributed by atoms with Crippen molar-refractivity contribution in [3.8, 4) is 0 Å². The van der Waals surface area contributed by atoms with Crippen LogP contribution in [0.1, 0.15) is 22.6 Å². The molecule has 0 radical (unpaired) electrons. The second-order valence-corrected chi connectivity index (χ2v) is 9.53. The summed E-state index contributed by atoms with van der Waals surface area (Å²) >= 11 is 1.51. The summed E-state index contributed by atoms with van der Waals surface area (Å²) in [6, 6.07) is 10.9. The van der Waals surface area contributed by atoms with E-state index >= 15 is 0 Å². The molecule has 2 aliphatic heterocycles. The SMILES string of the molecule is CO[C@H]1CCN(c2cc3c(cn2)N(C)C(=O)[C@@H](NC(=O)c2nnn(Cc4ccccc4)n2)CS3)C1. The number of hydrogen-bond donors (Lipinski definition) is 1. The van der Waals surface area contributed by atoms with Crippen LogP contribution in [0.15, 0.2) is 47.5 Å². The average molecular weight is 495 g/mol. The molecule has 2 atom stereocenters. The minimum absolute atomic E-state index is 0.0752. The summed E-state index contributed by atoms with van der Waals surface area (Å²) in [5, 5.41) is 14.8. The van der Waals surface area contributed by atoms with Crippen LogP contribution in [0.4, 0.5) is 11.5 Å². The number of fused-ring (bicyclic) bond motifs is 1. The zero-order chi connectivity index (χ0) is 24.4. The first-order valence-electron chi connectivity index (χ1n) is 11.3. The number of nitrogens with zero attached hydrogens (tertiary/aromatic N) is 7. The summed E-state index contributed by atoms with van der Waals surface area (Å²) < 4.78 is 5.46. The summed E-state index contributed by atoms with van der Waals surface area (Å²) in [7, 11) is 3.42. The quantitative estimate of drug-likeness (QED) is 0.539. The van der Waals surface area contributed by atoms with Gasteiger partial charge < -0.3 is 19.9 Å². The monoisotopic (exact) mass is 494 g/mol.